The van der Waals surface area contributed by atoms with E-state index in [9.17, 15) is 0 Å². The second-order valence-corrected chi connectivity index (χ2v) is 4.79. The van der Waals surface area contributed by atoms with Crippen LogP contribution in [0.3, 0.4) is 0 Å². The molecule has 0 fully saturated rings. The van der Waals surface area contributed by atoms with Crippen LogP contribution in [-0.2, 0) is 12.8 Å². The molecule has 0 atom stereocenters. The predicted molar refractivity (Wildman–Crippen MR) is 78.0 cm³/mol. The van der Waals surface area contributed by atoms with Gasteiger partial charge in [0.1, 0.15) is 5.52 Å². The van der Waals surface area contributed by atoms with Crippen LogP contribution in [0.2, 0.25) is 0 Å². The topological polar surface area (TPSA) is 74.0 Å². The molecule has 3 aromatic rings. The van der Waals surface area contributed by atoms with E-state index in [1.165, 1.54) is 0 Å². The molecule has 0 aliphatic rings. The van der Waals surface area contributed by atoms with Crippen molar-refractivity contribution >= 4 is 11.2 Å². The fourth-order valence-electron chi connectivity index (χ4n) is 2.49. The zero-order valence-corrected chi connectivity index (χ0v) is 12.0. The van der Waals surface area contributed by atoms with Gasteiger partial charge in [-0.25, -0.2) is 14.2 Å². The largest absolute Gasteiger partial charge is 0.396 e. The van der Waals surface area contributed by atoms with Gasteiger partial charge in [-0.3, -0.25) is 0 Å². The van der Waals surface area contributed by atoms with E-state index >= 15 is 0 Å². The molecule has 0 aliphatic heterocycles. The predicted octanol–water partition coefficient (Wildman–Crippen LogP) is 1.93. The first kappa shape index (κ1) is 12.7. The van der Waals surface area contributed by atoms with Crippen molar-refractivity contribution in [3.05, 3.63) is 35.5 Å². The molecule has 0 saturated carbocycles. The lowest BCUT2D eigenvalue weighted by Gasteiger charge is -2.06. The third kappa shape index (κ3) is 1.76. The summed E-state index contributed by atoms with van der Waals surface area (Å²) in [7, 11) is 0. The molecular weight excluding hydrogens is 252 g/mol. The first-order valence-electron chi connectivity index (χ1n) is 6.83. The molecule has 6 heteroatoms. The normalized spacial score (nSPS) is 11.3. The smallest absolute Gasteiger partial charge is 0.179 e. The van der Waals surface area contributed by atoms with Gasteiger partial charge in [-0.15, -0.1) is 0 Å². The van der Waals surface area contributed by atoms with E-state index in [1.54, 1.807) is 6.20 Å². The highest BCUT2D eigenvalue weighted by Crippen LogP contribution is 2.23. The highest BCUT2D eigenvalue weighted by Gasteiger charge is 2.17. The van der Waals surface area contributed by atoms with E-state index in [-0.39, 0.29) is 0 Å². The first-order chi connectivity index (χ1) is 9.65. The number of nitrogens with two attached hydrogens (primary N) is 1. The molecule has 3 rings (SSSR count). The lowest BCUT2D eigenvalue weighted by atomic mass is 10.2. The molecular formula is C14H18N6. The lowest BCUT2D eigenvalue weighted by Crippen LogP contribution is -2.07. The summed E-state index contributed by atoms with van der Waals surface area (Å²) in [5.74, 6) is 0.774. The third-order valence-corrected chi connectivity index (χ3v) is 3.46. The molecule has 0 bridgehead atoms. The Balaban J connectivity index is 2.30. The summed E-state index contributed by atoms with van der Waals surface area (Å²) in [5, 5.41) is 9.03. The van der Waals surface area contributed by atoms with Gasteiger partial charge in [0.25, 0.3) is 0 Å². The molecule has 0 unspecified atom stereocenters. The van der Waals surface area contributed by atoms with E-state index < -0.39 is 0 Å². The Hall–Kier alpha value is -2.37. The van der Waals surface area contributed by atoms with Gasteiger partial charge >= 0.3 is 0 Å². The Morgan fingerprint density at radius 1 is 1.20 bits per heavy atom. The molecule has 0 saturated heterocycles. The summed E-state index contributed by atoms with van der Waals surface area (Å²) in [6.07, 6.45) is 5.20. The van der Waals surface area contributed by atoms with Gasteiger partial charge in [-0.05, 0) is 25.8 Å². The van der Waals surface area contributed by atoms with Crippen molar-refractivity contribution < 1.29 is 0 Å². The number of aryl methyl sites for hydroxylation is 2. The zero-order valence-electron chi connectivity index (χ0n) is 12.0. The molecule has 104 valence electrons. The standard InChI is InChI=1S/C14H18N6/c1-4-10-13(15)11(5-2)20(18-10)14-12-8-9(3)17-19(12)7-6-16-14/h6-8H,4-5,15H2,1-3H3. The number of hydrogen-bond acceptors (Lipinski definition) is 4. The van der Waals surface area contributed by atoms with Gasteiger partial charge < -0.3 is 5.73 Å². The Bertz CT molecular complexity index is 767. The molecule has 3 heterocycles. The summed E-state index contributed by atoms with van der Waals surface area (Å²) in [5.41, 5.74) is 10.8. The van der Waals surface area contributed by atoms with Gasteiger partial charge in [0.05, 0.1) is 22.8 Å². The van der Waals surface area contributed by atoms with E-state index in [0.29, 0.717) is 0 Å². The minimum atomic E-state index is 0.773. The van der Waals surface area contributed by atoms with Crippen LogP contribution < -0.4 is 5.73 Å². The van der Waals surface area contributed by atoms with Crippen molar-refractivity contribution in [3.63, 3.8) is 0 Å². The van der Waals surface area contributed by atoms with Crippen LogP contribution in [0.4, 0.5) is 5.69 Å². The number of anilines is 1. The number of nitrogen functional groups attached to an aromatic ring is 1. The Labute approximate surface area is 117 Å². The van der Waals surface area contributed by atoms with Gasteiger partial charge in [0.15, 0.2) is 5.82 Å². The monoisotopic (exact) mass is 270 g/mol. The second kappa shape index (κ2) is 4.63. The van der Waals surface area contributed by atoms with E-state index in [0.717, 1.165) is 46.9 Å². The van der Waals surface area contributed by atoms with Gasteiger partial charge in [-0.1, -0.05) is 13.8 Å². The van der Waals surface area contributed by atoms with Crippen LogP contribution in [0.25, 0.3) is 11.3 Å². The van der Waals surface area contributed by atoms with Crippen LogP contribution in [0, 0.1) is 6.92 Å². The van der Waals surface area contributed by atoms with Crippen molar-refractivity contribution in [3.8, 4) is 5.82 Å². The maximum Gasteiger partial charge on any atom is 0.179 e. The van der Waals surface area contributed by atoms with Crippen molar-refractivity contribution in [2.24, 2.45) is 0 Å². The van der Waals surface area contributed by atoms with Crippen LogP contribution in [0.1, 0.15) is 30.9 Å². The average molecular weight is 270 g/mol. The van der Waals surface area contributed by atoms with Crippen LogP contribution in [0.5, 0.6) is 0 Å². The maximum atomic E-state index is 6.18. The molecule has 20 heavy (non-hydrogen) atoms. The molecule has 0 amide bonds. The van der Waals surface area contributed by atoms with Crippen LogP contribution in [0.15, 0.2) is 18.5 Å². The molecule has 6 nitrogen and oxygen atoms in total. The number of hydrogen-bond donors (Lipinski definition) is 1. The summed E-state index contributed by atoms with van der Waals surface area (Å²) < 4.78 is 3.67. The maximum absolute atomic E-state index is 6.18. The number of aromatic nitrogens is 5. The summed E-state index contributed by atoms with van der Waals surface area (Å²) >= 11 is 0. The number of fused-ring (bicyclic) bond motifs is 1. The molecule has 3 aromatic heterocycles. The highest BCUT2D eigenvalue weighted by molar-refractivity contribution is 5.63. The van der Waals surface area contributed by atoms with E-state index in [1.807, 2.05) is 28.4 Å². The van der Waals surface area contributed by atoms with Crippen molar-refractivity contribution in [2.75, 3.05) is 5.73 Å². The van der Waals surface area contributed by atoms with Crippen LogP contribution in [-0.4, -0.2) is 24.4 Å². The zero-order chi connectivity index (χ0) is 14.3. The first-order valence-corrected chi connectivity index (χ1v) is 6.83. The van der Waals surface area contributed by atoms with Crippen LogP contribution >= 0.6 is 0 Å². The molecule has 0 aromatic carbocycles. The van der Waals surface area contributed by atoms with Crippen molar-refractivity contribution in [1.82, 2.24) is 24.4 Å². The number of nitrogens with zero attached hydrogens (tertiary/aromatic N) is 5. The molecule has 0 aliphatic carbocycles. The number of rotatable bonds is 3. The average Bonchev–Trinajstić information content (AvgIpc) is 2.97. The summed E-state index contributed by atoms with van der Waals surface area (Å²) in [6.45, 7) is 6.09. The van der Waals surface area contributed by atoms with E-state index in [2.05, 4.69) is 29.0 Å². The Kier molecular flexibility index (Phi) is 2.93. The minimum Gasteiger partial charge on any atom is -0.396 e. The molecule has 2 N–H and O–H groups in total. The highest BCUT2D eigenvalue weighted by atomic mass is 15.3. The SMILES string of the molecule is CCc1nn(-c2nccn3nc(C)cc23)c(CC)c1N. The Morgan fingerprint density at radius 3 is 2.70 bits per heavy atom. The van der Waals surface area contributed by atoms with Gasteiger partial charge in [-0.2, -0.15) is 10.2 Å². The summed E-state index contributed by atoms with van der Waals surface area (Å²) in [6, 6.07) is 2.01. The lowest BCUT2D eigenvalue weighted by molar-refractivity contribution is 0.767. The second-order valence-electron chi connectivity index (χ2n) is 4.79. The van der Waals surface area contributed by atoms with Gasteiger partial charge in [0.2, 0.25) is 0 Å². The quantitative estimate of drug-likeness (QED) is 0.789. The van der Waals surface area contributed by atoms with Gasteiger partial charge in [0, 0.05) is 12.4 Å². The fourth-order valence-corrected chi connectivity index (χ4v) is 2.49. The Morgan fingerprint density at radius 2 is 2.00 bits per heavy atom. The molecule has 0 spiro atoms. The third-order valence-electron chi connectivity index (χ3n) is 3.46. The minimum absolute atomic E-state index is 0.773. The van der Waals surface area contributed by atoms with Crippen molar-refractivity contribution in [1.29, 1.82) is 0 Å². The molecule has 0 radical (unpaired) electrons. The fraction of sp³-hybridized carbons (Fsp3) is 0.357. The van der Waals surface area contributed by atoms with Crippen molar-refractivity contribution in [2.45, 2.75) is 33.6 Å². The summed E-state index contributed by atoms with van der Waals surface area (Å²) in [4.78, 5) is 4.47. The van der Waals surface area contributed by atoms with E-state index in [4.69, 9.17) is 5.73 Å².